The lowest BCUT2D eigenvalue weighted by Crippen LogP contribution is -2.26. The lowest BCUT2D eigenvalue weighted by molar-refractivity contribution is -0.148. The van der Waals surface area contributed by atoms with Crippen molar-refractivity contribution in [1.82, 2.24) is 5.32 Å². The monoisotopic (exact) mass is 203 g/mol. The van der Waals surface area contributed by atoms with Gasteiger partial charge in [0.05, 0.1) is 23.7 Å². The van der Waals surface area contributed by atoms with Crippen molar-refractivity contribution < 1.29 is 14.3 Å². The summed E-state index contributed by atoms with van der Waals surface area (Å²) < 4.78 is 4.93. The van der Waals surface area contributed by atoms with Gasteiger partial charge in [-0.3, -0.25) is 9.59 Å². The number of carbonyl (C=O) groups is 2. The largest absolute Gasteiger partial charge is 0.463 e. The molecule has 1 aliphatic rings. The zero-order chi connectivity index (χ0) is 9.84. The van der Waals surface area contributed by atoms with Crippen molar-refractivity contribution in [3.05, 3.63) is 0 Å². The SMILES string of the molecule is CC(C)OC(=O)CC1SCNC1=O. The van der Waals surface area contributed by atoms with Crippen molar-refractivity contribution in [2.45, 2.75) is 31.6 Å². The Labute approximate surface area is 81.4 Å². The fraction of sp³-hybridized carbons (Fsp3) is 0.750. The molecule has 1 heterocycles. The smallest absolute Gasteiger partial charge is 0.307 e. The fourth-order valence-corrected chi connectivity index (χ4v) is 1.93. The van der Waals surface area contributed by atoms with Crippen LogP contribution in [0.3, 0.4) is 0 Å². The minimum absolute atomic E-state index is 0.0642. The molecule has 0 spiro atoms. The van der Waals surface area contributed by atoms with Crippen LogP contribution in [0.25, 0.3) is 0 Å². The summed E-state index contributed by atoms with van der Waals surface area (Å²) in [5.41, 5.74) is 0. The van der Waals surface area contributed by atoms with Gasteiger partial charge in [0, 0.05) is 0 Å². The van der Waals surface area contributed by atoms with E-state index in [1.807, 2.05) is 0 Å². The molecule has 0 bridgehead atoms. The Morgan fingerprint density at radius 2 is 2.46 bits per heavy atom. The summed E-state index contributed by atoms with van der Waals surface area (Å²) in [6.07, 6.45) is 0.0660. The van der Waals surface area contributed by atoms with Crippen LogP contribution in [0.15, 0.2) is 0 Å². The first-order chi connectivity index (χ1) is 6.09. The molecule has 1 rings (SSSR count). The van der Waals surface area contributed by atoms with Crippen molar-refractivity contribution in [2.75, 3.05) is 5.88 Å². The molecule has 1 unspecified atom stereocenters. The van der Waals surface area contributed by atoms with E-state index in [4.69, 9.17) is 4.74 Å². The van der Waals surface area contributed by atoms with Crippen molar-refractivity contribution >= 4 is 23.6 Å². The van der Waals surface area contributed by atoms with Crippen LogP contribution in [0.5, 0.6) is 0 Å². The molecule has 0 radical (unpaired) electrons. The normalized spacial score (nSPS) is 21.8. The molecule has 0 aromatic carbocycles. The highest BCUT2D eigenvalue weighted by Crippen LogP contribution is 2.19. The first kappa shape index (κ1) is 10.4. The van der Waals surface area contributed by atoms with Gasteiger partial charge in [-0.15, -0.1) is 11.8 Å². The van der Waals surface area contributed by atoms with Gasteiger partial charge in [-0.1, -0.05) is 0 Å². The second kappa shape index (κ2) is 4.50. The Kier molecular flexibility index (Phi) is 3.59. The van der Waals surface area contributed by atoms with Crippen LogP contribution < -0.4 is 5.32 Å². The van der Waals surface area contributed by atoms with Crippen LogP contribution >= 0.6 is 11.8 Å². The third-order valence-corrected chi connectivity index (χ3v) is 2.64. The molecular weight excluding hydrogens is 190 g/mol. The fourth-order valence-electron chi connectivity index (χ4n) is 1.02. The Hall–Kier alpha value is -0.710. The molecule has 0 aromatic heterocycles. The molecule has 1 saturated heterocycles. The molecule has 0 aromatic rings. The molecule has 74 valence electrons. The molecule has 1 amide bonds. The number of esters is 1. The van der Waals surface area contributed by atoms with E-state index in [9.17, 15) is 9.59 Å². The van der Waals surface area contributed by atoms with Crippen LogP contribution in [-0.2, 0) is 14.3 Å². The maximum absolute atomic E-state index is 11.1. The van der Waals surface area contributed by atoms with Gasteiger partial charge in [-0.25, -0.2) is 0 Å². The van der Waals surface area contributed by atoms with E-state index in [0.717, 1.165) is 0 Å². The number of rotatable bonds is 3. The Morgan fingerprint density at radius 3 is 2.92 bits per heavy atom. The summed E-state index contributed by atoms with van der Waals surface area (Å²) in [6.45, 7) is 3.58. The highest BCUT2D eigenvalue weighted by molar-refractivity contribution is 8.01. The Morgan fingerprint density at radius 1 is 1.77 bits per heavy atom. The van der Waals surface area contributed by atoms with Crippen LogP contribution in [0.4, 0.5) is 0 Å². The van der Waals surface area contributed by atoms with Crippen LogP contribution in [-0.4, -0.2) is 29.1 Å². The molecule has 0 saturated carbocycles. The predicted molar refractivity (Wildman–Crippen MR) is 50.2 cm³/mol. The van der Waals surface area contributed by atoms with Crippen LogP contribution in [0.2, 0.25) is 0 Å². The molecule has 4 nitrogen and oxygen atoms in total. The van der Waals surface area contributed by atoms with Crippen molar-refractivity contribution in [1.29, 1.82) is 0 Å². The van der Waals surface area contributed by atoms with E-state index in [0.29, 0.717) is 5.88 Å². The number of ether oxygens (including phenoxy) is 1. The Bertz CT molecular complexity index is 217. The second-order valence-corrected chi connectivity index (χ2v) is 4.27. The summed E-state index contributed by atoms with van der Waals surface area (Å²) >= 11 is 1.44. The number of amides is 1. The van der Waals surface area contributed by atoms with E-state index in [-0.39, 0.29) is 29.7 Å². The number of hydrogen-bond donors (Lipinski definition) is 1. The zero-order valence-electron chi connectivity index (χ0n) is 7.70. The average Bonchev–Trinajstić information content (AvgIpc) is 2.34. The minimum Gasteiger partial charge on any atom is -0.463 e. The van der Waals surface area contributed by atoms with Gasteiger partial charge in [0.2, 0.25) is 5.91 Å². The van der Waals surface area contributed by atoms with E-state index < -0.39 is 0 Å². The summed E-state index contributed by atoms with van der Waals surface area (Å²) in [7, 11) is 0. The molecule has 1 atom stereocenters. The number of thioether (sulfide) groups is 1. The quantitative estimate of drug-likeness (QED) is 0.679. The van der Waals surface area contributed by atoms with Crippen molar-refractivity contribution in [3.8, 4) is 0 Å². The summed E-state index contributed by atoms with van der Waals surface area (Å²) in [5, 5.41) is 2.39. The van der Waals surface area contributed by atoms with E-state index in [1.165, 1.54) is 11.8 Å². The summed E-state index contributed by atoms with van der Waals surface area (Å²) in [6, 6.07) is 0. The third-order valence-electron chi connectivity index (χ3n) is 1.54. The van der Waals surface area contributed by atoms with Gasteiger partial charge in [0.15, 0.2) is 0 Å². The highest BCUT2D eigenvalue weighted by Gasteiger charge is 2.27. The summed E-state index contributed by atoms with van der Waals surface area (Å²) in [4.78, 5) is 22.2. The minimum atomic E-state index is -0.301. The first-order valence-corrected chi connectivity index (χ1v) is 5.23. The number of nitrogens with one attached hydrogen (secondary N) is 1. The van der Waals surface area contributed by atoms with Gasteiger partial charge in [-0.05, 0) is 13.8 Å². The second-order valence-electron chi connectivity index (χ2n) is 3.08. The molecule has 5 heteroatoms. The molecular formula is C8H13NO3S. The van der Waals surface area contributed by atoms with Gasteiger partial charge in [0.1, 0.15) is 0 Å². The van der Waals surface area contributed by atoms with E-state index >= 15 is 0 Å². The average molecular weight is 203 g/mol. The molecule has 1 fully saturated rings. The molecule has 0 aliphatic carbocycles. The van der Waals surface area contributed by atoms with Crippen molar-refractivity contribution in [2.24, 2.45) is 0 Å². The molecule has 1 N–H and O–H groups in total. The standard InChI is InChI=1S/C8H13NO3S/c1-5(2)12-7(10)3-6-8(11)9-4-13-6/h5-6H,3-4H2,1-2H3,(H,9,11). The van der Waals surface area contributed by atoms with Crippen molar-refractivity contribution in [3.63, 3.8) is 0 Å². The van der Waals surface area contributed by atoms with Gasteiger partial charge >= 0.3 is 5.97 Å². The molecule has 1 aliphatic heterocycles. The van der Waals surface area contributed by atoms with Gasteiger partial charge < -0.3 is 10.1 Å². The maximum atomic E-state index is 11.1. The number of hydrogen-bond acceptors (Lipinski definition) is 4. The number of carbonyl (C=O) groups excluding carboxylic acids is 2. The van der Waals surface area contributed by atoms with Crippen LogP contribution in [0, 0.1) is 0 Å². The van der Waals surface area contributed by atoms with Gasteiger partial charge in [-0.2, -0.15) is 0 Å². The highest BCUT2D eigenvalue weighted by atomic mass is 32.2. The van der Waals surface area contributed by atoms with Gasteiger partial charge in [0.25, 0.3) is 0 Å². The lowest BCUT2D eigenvalue weighted by Gasteiger charge is -2.09. The van der Waals surface area contributed by atoms with E-state index in [1.54, 1.807) is 13.8 Å². The first-order valence-electron chi connectivity index (χ1n) is 4.18. The maximum Gasteiger partial charge on any atom is 0.307 e. The van der Waals surface area contributed by atoms with E-state index in [2.05, 4.69) is 5.32 Å². The Balaban J connectivity index is 2.31. The lowest BCUT2D eigenvalue weighted by atomic mass is 10.3. The zero-order valence-corrected chi connectivity index (χ0v) is 8.52. The summed E-state index contributed by atoms with van der Waals surface area (Å²) in [5.74, 6) is 0.230. The topological polar surface area (TPSA) is 55.4 Å². The predicted octanol–water partition coefficient (Wildman–Crippen LogP) is 0.517. The van der Waals surface area contributed by atoms with Crippen LogP contribution in [0.1, 0.15) is 20.3 Å². The third kappa shape index (κ3) is 3.26. The molecule has 13 heavy (non-hydrogen) atoms.